The number of hydrogen-bond donors (Lipinski definition) is 1. The van der Waals surface area contributed by atoms with Crippen molar-refractivity contribution < 1.29 is 9.53 Å². The molecule has 0 aromatic carbocycles. The molecule has 0 saturated carbocycles. The Bertz CT molecular complexity index is 256. The fraction of sp³-hybridized carbons (Fsp3) is 0.900. The smallest absolute Gasteiger partial charge is 0.240 e. The van der Waals surface area contributed by atoms with Gasteiger partial charge in [0.15, 0.2) is 0 Å². The summed E-state index contributed by atoms with van der Waals surface area (Å²) in [5.74, 6) is 2.11. The number of morpholine rings is 1. The van der Waals surface area contributed by atoms with Gasteiger partial charge in [-0.15, -0.1) is 11.8 Å². The van der Waals surface area contributed by atoms with Crippen LogP contribution in [0, 0.1) is 0 Å². The van der Waals surface area contributed by atoms with Gasteiger partial charge in [-0.3, -0.25) is 10.1 Å². The second kappa shape index (κ2) is 3.96. The summed E-state index contributed by atoms with van der Waals surface area (Å²) < 4.78 is 5.72. The Morgan fingerprint density at radius 3 is 2.67 bits per heavy atom. The van der Waals surface area contributed by atoms with Gasteiger partial charge in [-0.05, 0) is 12.8 Å². The Hall–Kier alpha value is -0.260. The van der Waals surface area contributed by atoms with Crippen molar-refractivity contribution in [1.82, 2.24) is 10.2 Å². The summed E-state index contributed by atoms with van der Waals surface area (Å²) in [6.45, 7) is 1.61. The number of nitrogens with one attached hydrogen (secondary N) is 1. The Balaban J connectivity index is 1.64. The molecule has 3 atom stereocenters. The molecule has 1 amide bonds. The molecule has 0 aliphatic carbocycles. The number of likely N-dealkylation sites (tertiary alicyclic amines) is 1. The van der Waals surface area contributed by atoms with Crippen molar-refractivity contribution in [1.29, 1.82) is 0 Å². The molecule has 0 aromatic rings. The maximum atomic E-state index is 12.1. The van der Waals surface area contributed by atoms with Gasteiger partial charge in [0.25, 0.3) is 0 Å². The second-order valence-corrected chi connectivity index (χ2v) is 5.50. The van der Waals surface area contributed by atoms with Crippen molar-refractivity contribution in [3.8, 4) is 0 Å². The van der Waals surface area contributed by atoms with Crippen molar-refractivity contribution in [2.45, 2.75) is 31.1 Å². The molecule has 3 saturated heterocycles. The number of fused-ring (bicyclic) bond motifs is 2. The molecule has 3 rings (SSSR count). The quantitative estimate of drug-likeness (QED) is 0.688. The van der Waals surface area contributed by atoms with Gasteiger partial charge in [-0.2, -0.15) is 0 Å². The highest BCUT2D eigenvalue weighted by Crippen LogP contribution is 2.27. The molecule has 5 heteroatoms. The van der Waals surface area contributed by atoms with Crippen LogP contribution in [0.25, 0.3) is 0 Å². The lowest BCUT2D eigenvalue weighted by molar-refractivity contribution is -0.141. The number of carbonyl (C=O) groups is 1. The predicted octanol–water partition coefficient (Wildman–Crippen LogP) is 0.0387. The van der Waals surface area contributed by atoms with Crippen molar-refractivity contribution >= 4 is 17.7 Å². The van der Waals surface area contributed by atoms with Gasteiger partial charge < -0.3 is 9.64 Å². The number of nitrogens with zero attached hydrogens (tertiary/aromatic N) is 1. The minimum Gasteiger partial charge on any atom is -0.371 e. The maximum absolute atomic E-state index is 12.1. The van der Waals surface area contributed by atoms with Crippen LogP contribution in [0.5, 0.6) is 0 Å². The summed E-state index contributed by atoms with van der Waals surface area (Å²) in [6.07, 6.45) is 2.87. The molecule has 3 fully saturated rings. The molecule has 3 aliphatic heterocycles. The van der Waals surface area contributed by atoms with Crippen LogP contribution in [-0.4, -0.2) is 53.8 Å². The number of amides is 1. The summed E-state index contributed by atoms with van der Waals surface area (Å²) in [5.41, 5.74) is 0. The van der Waals surface area contributed by atoms with Crippen LogP contribution in [-0.2, 0) is 9.53 Å². The monoisotopic (exact) mass is 228 g/mol. The predicted molar refractivity (Wildman–Crippen MR) is 58.7 cm³/mol. The van der Waals surface area contributed by atoms with E-state index in [4.69, 9.17) is 4.74 Å². The van der Waals surface area contributed by atoms with Crippen LogP contribution >= 0.6 is 11.8 Å². The third-order valence-electron chi connectivity index (χ3n) is 3.37. The first-order valence-electron chi connectivity index (χ1n) is 5.58. The van der Waals surface area contributed by atoms with Crippen LogP contribution in [0.3, 0.4) is 0 Å². The minimum absolute atomic E-state index is 0.0486. The first-order valence-corrected chi connectivity index (χ1v) is 6.74. The van der Waals surface area contributed by atoms with E-state index in [2.05, 4.69) is 5.32 Å². The van der Waals surface area contributed by atoms with Gasteiger partial charge in [-0.25, -0.2) is 0 Å². The van der Waals surface area contributed by atoms with E-state index in [1.165, 1.54) is 0 Å². The van der Waals surface area contributed by atoms with E-state index in [-0.39, 0.29) is 11.9 Å². The number of carbonyl (C=O) groups excluding carboxylic acids is 1. The number of thioether (sulfide) groups is 1. The fourth-order valence-electron chi connectivity index (χ4n) is 2.57. The van der Waals surface area contributed by atoms with E-state index in [0.717, 1.165) is 37.6 Å². The molecule has 0 spiro atoms. The Morgan fingerprint density at radius 1 is 1.33 bits per heavy atom. The van der Waals surface area contributed by atoms with Crippen LogP contribution in [0.15, 0.2) is 0 Å². The van der Waals surface area contributed by atoms with E-state index in [1.807, 2.05) is 4.90 Å². The molecular weight excluding hydrogens is 212 g/mol. The zero-order valence-corrected chi connectivity index (χ0v) is 9.46. The van der Waals surface area contributed by atoms with Crippen molar-refractivity contribution in [2.24, 2.45) is 0 Å². The number of ether oxygens (including phenoxy) is 1. The van der Waals surface area contributed by atoms with E-state index in [9.17, 15) is 4.79 Å². The lowest BCUT2D eigenvalue weighted by Crippen LogP contribution is -2.52. The van der Waals surface area contributed by atoms with Gasteiger partial charge in [0.1, 0.15) is 0 Å². The van der Waals surface area contributed by atoms with Gasteiger partial charge in [-0.1, -0.05) is 0 Å². The average Bonchev–Trinajstić information content (AvgIpc) is 2.87. The normalized spacial score (nSPS) is 39.7. The average molecular weight is 228 g/mol. The number of rotatable bonds is 1. The molecule has 2 bridgehead atoms. The molecule has 84 valence electrons. The zero-order chi connectivity index (χ0) is 10.3. The van der Waals surface area contributed by atoms with Crippen molar-refractivity contribution in [2.75, 3.05) is 24.7 Å². The fourth-order valence-corrected chi connectivity index (χ4v) is 3.50. The highest BCUT2D eigenvalue weighted by molar-refractivity contribution is 7.99. The topological polar surface area (TPSA) is 41.6 Å². The molecule has 0 radical (unpaired) electrons. The molecule has 3 aliphatic rings. The Kier molecular flexibility index (Phi) is 2.62. The lowest BCUT2D eigenvalue weighted by Gasteiger charge is -2.33. The summed E-state index contributed by atoms with van der Waals surface area (Å²) in [4.78, 5) is 14.1. The molecule has 15 heavy (non-hydrogen) atoms. The summed E-state index contributed by atoms with van der Waals surface area (Å²) in [7, 11) is 0. The highest BCUT2D eigenvalue weighted by Gasteiger charge is 2.38. The SMILES string of the molecule is O=C(C1CSCN1)N1CC2CCC(C1)O2. The third kappa shape index (κ3) is 1.88. The van der Waals surface area contributed by atoms with Gasteiger partial charge in [0.2, 0.25) is 5.91 Å². The largest absolute Gasteiger partial charge is 0.371 e. The van der Waals surface area contributed by atoms with Crippen molar-refractivity contribution in [3.05, 3.63) is 0 Å². The van der Waals surface area contributed by atoms with Crippen LogP contribution in [0.2, 0.25) is 0 Å². The molecular formula is C10H16N2O2S. The number of hydrogen-bond acceptors (Lipinski definition) is 4. The van der Waals surface area contributed by atoms with Gasteiger partial charge >= 0.3 is 0 Å². The molecule has 4 nitrogen and oxygen atoms in total. The second-order valence-electron chi connectivity index (χ2n) is 4.47. The first kappa shape index (κ1) is 9.93. The van der Waals surface area contributed by atoms with Crippen molar-refractivity contribution in [3.63, 3.8) is 0 Å². The third-order valence-corrected chi connectivity index (χ3v) is 4.31. The standard InChI is InChI=1S/C10H16N2O2S/c13-10(9-5-15-6-11-9)12-3-7-1-2-8(4-12)14-7/h7-9,11H,1-6H2. The van der Waals surface area contributed by atoms with E-state index >= 15 is 0 Å². The van der Waals surface area contributed by atoms with E-state index < -0.39 is 0 Å². The highest BCUT2D eigenvalue weighted by atomic mass is 32.2. The minimum atomic E-state index is 0.0486. The maximum Gasteiger partial charge on any atom is 0.240 e. The molecule has 3 heterocycles. The zero-order valence-electron chi connectivity index (χ0n) is 8.65. The first-order chi connectivity index (χ1) is 7.33. The van der Waals surface area contributed by atoms with Crippen LogP contribution in [0.4, 0.5) is 0 Å². The lowest BCUT2D eigenvalue weighted by atomic mass is 10.2. The van der Waals surface area contributed by atoms with Crippen LogP contribution in [0.1, 0.15) is 12.8 Å². The molecule has 1 N–H and O–H groups in total. The van der Waals surface area contributed by atoms with E-state index in [0.29, 0.717) is 12.2 Å². The Morgan fingerprint density at radius 2 is 2.07 bits per heavy atom. The Labute approximate surface area is 93.7 Å². The molecule has 3 unspecified atom stereocenters. The van der Waals surface area contributed by atoms with Gasteiger partial charge in [0.05, 0.1) is 18.2 Å². The van der Waals surface area contributed by atoms with Gasteiger partial charge in [0, 0.05) is 24.7 Å². The molecule has 0 aromatic heterocycles. The summed E-state index contributed by atoms with van der Waals surface area (Å²) in [6, 6.07) is 0.0486. The van der Waals surface area contributed by atoms with E-state index in [1.54, 1.807) is 11.8 Å². The summed E-state index contributed by atoms with van der Waals surface area (Å²) in [5, 5.41) is 3.23. The summed E-state index contributed by atoms with van der Waals surface area (Å²) >= 11 is 1.80. The van der Waals surface area contributed by atoms with Crippen LogP contribution < -0.4 is 5.32 Å².